The zero-order valence-electron chi connectivity index (χ0n) is 21.2. The van der Waals surface area contributed by atoms with E-state index in [0.29, 0.717) is 23.5 Å². The highest BCUT2D eigenvalue weighted by Crippen LogP contribution is 2.73. The van der Waals surface area contributed by atoms with Crippen LogP contribution in [0.3, 0.4) is 0 Å². The maximum atomic E-state index is 12.6. The van der Waals surface area contributed by atoms with E-state index < -0.39 is 0 Å². The Morgan fingerprint density at radius 1 is 1.00 bits per heavy atom. The van der Waals surface area contributed by atoms with Gasteiger partial charge in [0.1, 0.15) is 5.76 Å². The lowest BCUT2D eigenvalue weighted by molar-refractivity contribution is -0.130. The zero-order chi connectivity index (χ0) is 23.3. The van der Waals surface area contributed by atoms with Crippen LogP contribution in [0.4, 0.5) is 0 Å². The number of carbonyl (C=O) groups is 1. The van der Waals surface area contributed by atoms with E-state index in [9.17, 15) is 9.90 Å². The van der Waals surface area contributed by atoms with Crippen molar-refractivity contribution in [1.82, 2.24) is 0 Å². The number of hydrogen-bond acceptors (Lipinski definition) is 3. The predicted molar refractivity (Wildman–Crippen MR) is 128 cm³/mol. The lowest BCUT2D eigenvalue weighted by Crippen LogP contribution is -2.58. The van der Waals surface area contributed by atoms with Crippen LogP contribution in [-0.4, -0.2) is 17.0 Å². The minimum atomic E-state index is -0.191. The van der Waals surface area contributed by atoms with E-state index in [-0.39, 0.29) is 33.5 Å². The van der Waals surface area contributed by atoms with Gasteiger partial charge in [0.2, 0.25) is 5.78 Å². The van der Waals surface area contributed by atoms with Gasteiger partial charge in [-0.3, -0.25) is 4.79 Å². The van der Waals surface area contributed by atoms with E-state index in [4.69, 9.17) is 4.74 Å². The first-order chi connectivity index (χ1) is 14.9. The molecule has 32 heavy (non-hydrogen) atoms. The highest BCUT2D eigenvalue weighted by atomic mass is 16.5. The Balaban J connectivity index is 1.51. The van der Waals surface area contributed by atoms with E-state index >= 15 is 0 Å². The van der Waals surface area contributed by atoms with E-state index in [1.165, 1.54) is 19.3 Å². The molecule has 3 nitrogen and oxygen atoms in total. The molecule has 3 fully saturated rings. The molecule has 0 aromatic rings. The molecule has 0 unspecified atom stereocenters. The van der Waals surface area contributed by atoms with Crippen molar-refractivity contribution in [2.24, 2.45) is 39.4 Å². The van der Waals surface area contributed by atoms with Gasteiger partial charge in [0, 0.05) is 12.0 Å². The Hall–Kier alpha value is -1.35. The third-order valence-electron chi connectivity index (χ3n) is 11.3. The molecule has 0 aromatic carbocycles. The van der Waals surface area contributed by atoms with Crippen LogP contribution in [0.2, 0.25) is 0 Å². The maximum Gasteiger partial charge on any atom is 0.224 e. The molecule has 0 radical (unpaired) electrons. The highest BCUT2D eigenvalue weighted by Gasteiger charge is 2.65. The van der Waals surface area contributed by atoms with Crippen LogP contribution in [-0.2, 0) is 9.53 Å². The fraction of sp³-hybridized carbons (Fsp3) is 0.759. The van der Waals surface area contributed by atoms with Crippen molar-refractivity contribution in [3.63, 3.8) is 0 Å². The van der Waals surface area contributed by atoms with E-state index in [1.807, 2.05) is 13.8 Å². The normalized spacial score (nSPS) is 47.1. The largest absolute Gasteiger partial charge is 0.457 e. The Labute approximate surface area is 194 Å². The summed E-state index contributed by atoms with van der Waals surface area (Å²) >= 11 is 0. The number of ketones is 1. The Morgan fingerprint density at radius 2 is 1.69 bits per heavy atom. The van der Waals surface area contributed by atoms with Crippen LogP contribution < -0.4 is 0 Å². The molecule has 0 spiro atoms. The van der Waals surface area contributed by atoms with Gasteiger partial charge >= 0.3 is 0 Å². The molecule has 3 saturated carbocycles. The molecule has 1 N–H and O–H groups in total. The molecule has 1 aliphatic heterocycles. The summed E-state index contributed by atoms with van der Waals surface area (Å²) < 4.78 is 6.20. The third-order valence-corrected chi connectivity index (χ3v) is 11.3. The SMILES string of the molecule is CC(C)=C1OC([C@@H]2CC[C@]3(C)C4=CC[C@H]5C(C)(C)[C@H](O)CC[C@]5(C)[C@H]4CC[C@@]23C)=CC1=O. The predicted octanol–water partition coefficient (Wildman–Crippen LogP) is 6.73. The van der Waals surface area contributed by atoms with Crippen LogP contribution in [0.1, 0.15) is 93.4 Å². The summed E-state index contributed by atoms with van der Waals surface area (Å²) in [4.78, 5) is 12.6. The number of allylic oxidation sites excluding steroid dienone is 5. The topological polar surface area (TPSA) is 46.5 Å². The van der Waals surface area contributed by atoms with Crippen molar-refractivity contribution in [2.45, 2.75) is 99.5 Å². The quantitative estimate of drug-likeness (QED) is 0.365. The zero-order valence-corrected chi connectivity index (χ0v) is 21.2. The van der Waals surface area contributed by atoms with Gasteiger partial charge in [0.15, 0.2) is 5.76 Å². The molecule has 7 atom stereocenters. The Morgan fingerprint density at radius 3 is 2.34 bits per heavy atom. The van der Waals surface area contributed by atoms with Crippen molar-refractivity contribution >= 4 is 5.78 Å². The maximum absolute atomic E-state index is 12.6. The molecular formula is C29H42O3. The van der Waals surface area contributed by atoms with Gasteiger partial charge in [-0.25, -0.2) is 0 Å². The molecule has 5 rings (SSSR count). The van der Waals surface area contributed by atoms with Gasteiger partial charge in [-0.1, -0.05) is 46.3 Å². The van der Waals surface area contributed by atoms with Gasteiger partial charge in [0.25, 0.3) is 0 Å². The summed E-state index contributed by atoms with van der Waals surface area (Å²) in [6, 6.07) is 0. The number of fused-ring (bicyclic) bond motifs is 5. The van der Waals surface area contributed by atoms with Crippen molar-refractivity contribution in [1.29, 1.82) is 0 Å². The molecule has 0 saturated heterocycles. The fourth-order valence-electron chi connectivity index (χ4n) is 9.06. The molecule has 4 aliphatic carbocycles. The van der Waals surface area contributed by atoms with Crippen molar-refractivity contribution in [2.75, 3.05) is 0 Å². The minimum absolute atomic E-state index is 0.0293. The first-order valence-corrected chi connectivity index (χ1v) is 12.9. The van der Waals surface area contributed by atoms with Gasteiger partial charge in [-0.15, -0.1) is 0 Å². The minimum Gasteiger partial charge on any atom is -0.457 e. The monoisotopic (exact) mass is 438 g/mol. The van der Waals surface area contributed by atoms with Crippen LogP contribution in [0, 0.1) is 39.4 Å². The highest BCUT2D eigenvalue weighted by molar-refractivity contribution is 6.05. The fourth-order valence-corrected chi connectivity index (χ4v) is 9.06. The summed E-state index contributed by atoms with van der Waals surface area (Å²) in [6.45, 7) is 16.0. The van der Waals surface area contributed by atoms with Gasteiger partial charge in [-0.05, 0) is 97.9 Å². The Bertz CT molecular complexity index is 947. The number of aliphatic hydroxyl groups is 1. The van der Waals surface area contributed by atoms with Crippen molar-refractivity contribution in [3.8, 4) is 0 Å². The second kappa shape index (κ2) is 6.84. The second-order valence-electron chi connectivity index (χ2n) is 13.1. The summed E-state index contributed by atoms with van der Waals surface area (Å²) in [7, 11) is 0. The first kappa shape index (κ1) is 22.4. The lowest BCUT2D eigenvalue weighted by atomic mass is 9.41. The van der Waals surface area contributed by atoms with Crippen LogP contribution in [0.15, 0.2) is 34.8 Å². The molecule has 176 valence electrons. The first-order valence-electron chi connectivity index (χ1n) is 12.9. The van der Waals surface area contributed by atoms with Gasteiger partial charge in [-0.2, -0.15) is 0 Å². The number of ether oxygens (including phenoxy) is 1. The molecule has 0 bridgehead atoms. The Kier molecular flexibility index (Phi) is 4.80. The van der Waals surface area contributed by atoms with Crippen LogP contribution >= 0.6 is 0 Å². The third kappa shape index (κ3) is 2.67. The standard InChI is InChI=1S/C29H42O3/c1-17(2)25-21(30)16-22(32-25)20-11-15-28(6)19-8-9-23-26(3,4)24(31)12-13-27(23,5)18(19)10-14-29(20,28)7/h8,16,18,20,23-24,31H,9-15H2,1-7H3/t18-,20-,23-,24+,27+,28+,29-/m0/s1. The molecule has 0 amide bonds. The van der Waals surface area contributed by atoms with E-state index in [2.05, 4.69) is 40.7 Å². The molecule has 3 heteroatoms. The second-order valence-corrected chi connectivity index (χ2v) is 13.1. The van der Waals surface area contributed by atoms with Crippen molar-refractivity contribution < 1.29 is 14.6 Å². The number of hydrogen-bond donors (Lipinski definition) is 1. The van der Waals surface area contributed by atoms with Crippen LogP contribution in [0.25, 0.3) is 0 Å². The molecule has 1 heterocycles. The van der Waals surface area contributed by atoms with Crippen LogP contribution in [0.5, 0.6) is 0 Å². The summed E-state index contributed by atoms with van der Waals surface area (Å²) in [5.41, 5.74) is 3.16. The number of rotatable bonds is 1. The average molecular weight is 439 g/mol. The number of aliphatic hydroxyl groups excluding tert-OH is 1. The van der Waals surface area contributed by atoms with Gasteiger partial charge < -0.3 is 9.84 Å². The summed E-state index contributed by atoms with van der Waals surface area (Å²) in [5, 5.41) is 10.8. The smallest absolute Gasteiger partial charge is 0.224 e. The summed E-state index contributed by atoms with van der Waals surface area (Å²) in [6.07, 6.45) is 12.0. The number of carbonyl (C=O) groups excluding carboxylic acids is 1. The molecular weight excluding hydrogens is 396 g/mol. The summed E-state index contributed by atoms with van der Waals surface area (Å²) in [5.74, 6) is 2.96. The van der Waals surface area contributed by atoms with Crippen molar-refractivity contribution in [3.05, 3.63) is 34.8 Å². The molecule has 0 aromatic heterocycles. The van der Waals surface area contributed by atoms with E-state index in [0.717, 1.165) is 37.0 Å². The average Bonchev–Trinajstić information content (AvgIpc) is 3.22. The van der Waals surface area contributed by atoms with E-state index in [1.54, 1.807) is 11.6 Å². The molecule has 5 aliphatic rings. The lowest BCUT2D eigenvalue weighted by Gasteiger charge is -2.64. The van der Waals surface area contributed by atoms with Gasteiger partial charge in [0.05, 0.1) is 6.10 Å².